The van der Waals surface area contributed by atoms with Gasteiger partial charge in [-0.2, -0.15) is 0 Å². The molecule has 0 aliphatic carbocycles. The molecule has 1 aliphatic heterocycles. The molecule has 0 saturated carbocycles. The maximum absolute atomic E-state index is 11.5. The van der Waals surface area contributed by atoms with E-state index in [1.54, 1.807) is 18.0 Å². The third-order valence-electron chi connectivity index (χ3n) is 4.36. The van der Waals surface area contributed by atoms with E-state index in [1.807, 2.05) is 48.5 Å². The Morgan fingerprint density at radius 1 is 1.16 bits per heavy atom. The van der Waals surface area contributed by atoms with Crippen molar-refractivity contribution >= 4 is 5.91 Å². The molecule has 0 aromatic heterocycles. The van der Waals surface area contributed by atoms with Gasteiger partial charge in [0.1, 0.15) is 18.5 Å². The van der Waals surface area contributed by atoms with Crippen molar-refractivity contribution < 1.29 is 14.6 Å². The number of carbonyl (C=O) groups is 1. The highest BCUT2D eigenvalue weighted by Crippen LogP contribution is 2.22. The summed E-state index contributed by atoms with van der Waals surface area (Å²) in [5.74, 6) is 1.05. The van der Waals surface area contributed by atoms with Gasteiger partial charge in [0.05, 0.1) is 0 Å². The number of carbonyl (C=O) groups excluding carboxylic acids is 1. The van der Waals surface area contributed by atoms with Gasteiger partial charge in [0.25, 0.3) is 0 Å². The summed E-state index contributed by atoms with van der Waals surface area (Å²) in [6.07, 6.45) is 3.46. The molecule has 1 heterocycles. The molecule has 0 spiro atoms. The highest BCUT2D eigenvalue weighted by molar-refractivity contribution is 5.78. The van der Waals surface area contributed by atoms with Crippen molar-refractivity contribution in [1.82, 2.24) is 4.90 Å². The standard InChI is InChI=1S/C21H23NO3/c1-22-14-16(13-21(22)24)7-10-19(23)15-25-20-11-8-18(9-12-20)17-5-3-2-4-6-17/h2-12,16,19,23H,13-15H2,1H3. The number of benzene rings is 2. The summed E-state index contributed by atoms with van der Waals surface area (Å²) in [6, 6.07) is 18.0. The van der Waals surface area contributed by atoms with E-state index in [9.17, 15) is 9.90 Å². The first kappa shape index (κ1) is 17.2. The van der Waals surface area contributed by atoms with Gasteiger partial charge in [0.15, 0.2) is 0 Å². The lowest BCUT2D eigenvalue weighted by atomic mass is 10.1. The first-order valence-electron chi connectivity index (χ1n) is 8.50. The van der Waals surface area contributed by atoms with Crippen LogP contribution in [-0.2, 0) is 4.79 Å². The topological polar surface area (TPSA) is 49.8 Å². The van der Waals surface area contributed by atoms with Crippen LogP contribution in [-0.4, -0.2) is 42.2 Å². The summed E-state index contributed by atoms with van der Waals surface area (Å²) in [5.41, 5.74) is 2.29. The summed E-state index contributed by atoms with van der Waals surface area (Å²) in [6.45, 7) is 0.904. The zero-order valence-corrected chi connectivity index (χ0v) is 14.3. The molecule has 2 atom stereocenters. The van der Waals surface area contributed by atoms with Crippen molar-refractivity contribution in [3.8, 4) is 16.9 Å². The largest absolute Gasteiger partial charge is 0.491 e. The molecule has 0 bridgehead atoms. The number of rotatable bonds is 6. The smallest absolute Gasteiger partial charge is 0.222 e. The quantitative estimate of drug-likeness (QED) is 0.824. The molecule has 1 aliphatic rings. The molecule has 1 saturated heterocycles. The van der Waals surface area contributed by atoms with Crippen LogP contribution in [0.5, 0.6) is 5.75 Å². The molecular weight excluding hydrogens is 314 g/mol. The zero-order chi connectivity index (χ0) is 17.6. The lowest BCUT2D eigenvalue weighted by Crippen LogP contribution is -2.19. The summed E-state index contributed by atoms with van der Waals surface area (Å²) < 4.78 is 5.64. The van der Waals surface area contributed by atoms with E-state index in [4.69, 9.17) is 4.74 Å². The van der Waals surface area contributed by atoms with Crippen molar-refractivity contribution in [3.63, 3.8) is 0 Å². The molecule has 0 radical (unpaired) electrons. The van der Waals surface area contributed by atoms with Gasteiger partial charge in [-0.3, -0.25) is 4.79 Å². The molecule has 3 rings (SSSR count). The van der Waals surface area contributed by atoms with Gasteiger partial charge in [-0.1, -0.05) is 54.6 Å². The number of aliphatic hydroxyl groups excluding tert-OH is 1. The van der Waals surface area contributed by atoms with E-state index < -0.39 is 6.10 Å². The Balaban J connectivity index is 1.49. The normalized spacial score (nSPS) is 18.7. The van der Waals surface area contributed by atoms with E-state index in [1.165, 1.54) is 0 Å². The summed E-state index contributed by atoms with van der Waals surface area (Å²) >= 11 is 0. The number of aliphatic hydroxyl groups is 1. The van der Waals surface area contributed by atoms with E-state index in [0.717, 1.165) is 16.9 Å². The van der Waals surface area contributed by atoms with Gasteiger partial charge in [-0.25, -0.2) is 0 Å². The number of hydrogen-bond acceptors (Lipinski definition) is 3. The van der Waals surface area contributed by atoms with Crippen molar-refractivity contribution in [2.45, 2.75) is 12.5 Å². The molecule has 1 fully saturated rings. The van der Waals surface area contributed by atoms with E-state index in [0.29, 0.717) is 13.0 Å². The molecule has 2 aromatic rings. The molecule has 130 valence electrons. The molecule has 1 amide bonds. The molecule has 1 N–H and O–H groups in total. The lowest BCUT2D eigenvalue weighted by Gasteiger charge is -2.11. The second-order valence-electron chi connectivity index (χ2n) is 6.39. The number of nitrogens with zero attached hydrogens (tertiary/aromatic N) is 1. The second kappa shape index (κ2) is 7.99. The van der Waals surface area contributed by atoms with Crippen molar-refractivity contribution in [2.24, 2.45) is 5.92 Å². The van der Waals surface area contributed by atoms with Gasteiger partial charge >= 0.3 is 0 Å². The second-order valence-corrected chi connectivity index (χ2v) is 6.39. The summed E-state index contributed by atoms with van der Waals surface area (Å²) in [4.78, 5) is 13.2. The van der Waals surface area contributed by atoms with Crippen molar-refractivity contribution in [3.05, 3.63) is 66.7 Å². The monoisotopic (exact) mass is 337 g/mol. The highest BCUT2D eigenvalue weighted by atomic mass is 16.5. The van der Waals surface area contributed by atoms with Crippen LogP contribution in [0.3, 0.4) is 0 Å². The van der Waals surface area contributed by atoms with E-state index in [2.05, 4.69) is 12.1 Å². The van der Waals surface area contributed by atoms with E-state index in [-0.39, 0.29) is 18.4 Å². The fourth-order valence-corrected chi connectivity index (χ4v) is 2.92. The predicted molar refractivity (Wildman–Crippen MR) is 98.3 cm³/mol. The van der Waals surface area contributed by atoms with Crippen molar-refractivity contribution in [2.75, 3.05) is 20.2 Å². The Hall–Kier alpha value is -2.59. The van der Waals surface area contributed by atoms with Crippen LogP contribution in [0.2, 0.25) is 0 Å². The first-order chi connectivity index (χ1) is 12.1. The zero-order valence-electron chi connectivity index (χ0n) is 14.3. The van der Waals surface area contributed by atoms with Gasteiger partial charge in [0.2, 0.25) is 5.91 Å². The third-order valence-corrected chi connectivity index (χ3v) is 4.36. The van der Waals surface area contributed by atoms with Gasteiger partial charge in [-0.15, -0.1) is 0 Å². The van der Waals surface area contributed by atoms with Crippen LogP contribution in [0.1, 0.15) is 6.42 Å². The summed E-state index contributed by atoms with van der Waals surface area (Å²) in [7, 11) is 1.80. The van der Waals surface area contributed by atoms with Crippen molar-refractivity contribution in [1.29, 1.82) is 0 Å². The molecule has 4 nitrogen and oxygen atoms in total. The molecule has 25 heavy (non-hydrogen) atoms. The first-order valence-corrected chi connectivity index (χ1v) is 8.50. The molecule has 4 heteroatoms. The number of hydrogen-bond donors (Lipinski definition) is 1. The van der Waals surface area contributed by atoms with Gasteiger partial charge in [0, 0.05) is 25.9 Å². The number of amides is 1. The maximum Gasteiger partial charge on any atom is 0.222 e. The predicted octanol–water partition coefficient (Wildman–Crippen LogP) is 3.13. The SMILES string of the molecule is CN1CC(C=CC(O)COc2ccc(-c3ccccc3)cc2)CC1=O. The van der Waals surface area contributed by atoms with Crippen LogP contribution in [0.25, 0.3) is 11.1 Å². The minimum Gasteiger partial charge on any atom is -0.491 e. The minimum atomic E-state index is -0.685. The van der Waals surface area contributed by atoms with E-state index >= 15 is 0 Å². The Kier molecular flexibility index (Phi) is 5.51. The fraction of sp³-hybridized carbons (Fsp3) is 0.286. The van der Waals surface area contributed by atoms with Crippen LogP contribution in [0.4, 0.5) is 0 Å². The highest BCUT2D eigenvalue weighted by Gasteiger charge is 2.24. The van der Waals surface area contributed by atoms with Crippen LogP contribution < -0.4 is 4.74 Å². The minimum absolute atomic E-state index is 0.152. The van der Waals surface area contributed by atoms with Crippen LogP contribution >= 0.6 is 0 Å². The molecular formula is C21H23NO3. The number of ether oxygens (including phenoxy) is 1. The summed E-state index contributed by atoms with van der Waals surface area (Å²) in [5, 5.41) is 10.0. The van der Waals surface area contributed by atoms with Gasteiger partial charge < -0.3 is 14.7 Å². The van der Waals surface area contributed by atoms with Gasteiger partial charge in [-0.05, 0) is 23.3 Å². The lowest BCUT2D eigenvalue weighted by molar-refractivity contribution is -0.126. The maximum atomic E-state index is 11.5. The Labute approximate surface area is 148 Å². The average molecular weight is 337 g/mol. The molecule has 2 unspecified atom stereocenters. The third kappa shape index (κ3) is 4.70. The Bertz CT molecular complexity index is 725. The van der Waals surface area contributed by atoms with Crippen LogP contribution in [0.15, 0.2) is 66.7 Å². The number of likely N-dealkylation sites (tertiary alicyclic amines) is 1. The Morgan fingerprint density at radius 2 is 1.84 bits per heavy atom. The van der Waals surface area contributed by atoms with Crippen LogP contribution in [0, 0.1) is 5.92 Å². The Morgan fingerprint density at radius 3 is 2.48 bits per heavy atom. The average Bonchev–Trinajstić information content (AvgIpc) is 2.97. The molecule has 2 aromatic carbocycles. The fourth-order valence-electron chi connectivity index (χ4n) is 2.92.